The fraction of sp³-hybridized carbons (Fsp3) is 0.381. The molecule has 0 spiro atoms. The smallest absolute Gasteiger partial charge is 0.341 e. The molecule has 1 amide bonds. The molecule has 0 fully saturated rings. The average molecular weight is 416 g/mol. The van der Waals surface area contributed by atoms with E-state index in [1.165, 1.54) is 11.8 Å². The minimum Gasteiger partial charge on any atom is -0.486 e. The van der Waals surface area contributed by atoms with Crippen molar-refractivity contribution in [3.05, 3.63) is 42.1 Å². The Morgan fingerprint density at radius 1 is 1.21 bits per heavy atom. The predicted octanol–water partition coefficient (Wildman–Crippen LogP) is 3.47. The lowest BCUT2D eigenvalue weighted by atomic mass is 10.0. The van der Waals surface area contributed by atoms with Gasteiger partial charge in [0.15, 0.2) is 18.1 Å². The van der Waals surface area contributed by atoms with Crippen molar-refractivity contribution in [3.63, 3.8) is 0 Å². The van der Waals surface area contributed by atoms with E-state index < -0.39 is 5.97 Å². The van der Waals surface area contributed by atoms with Crippen LogP contribution in [0.5, 0.6) is 11.5 Å². The second-order valence-electron chi connectivity index (χ2n) is 7.13. The number of nitrogens with zero attached hydrogens (tertiary/aromatic N) is 1. The Hall–Kier alpha value is -2.74. The van der Waals surface area contributed by atoms with Gasteiger partial charge in [-0.05, 0) is 50.6 Å². The lowest BCUT2D eigenvalue weighted by molar-refractivity contribution is -0.125. The summed E-state index contributed by atoms with van der Waals surface area (Å²) < 4.78 is 16.3. The highest BCUT2D eigenvalue weighted by atomic mass is 32.2. The van der Waals surface area contributed by atoms with E-state index in [1.54, 1.807) is 18.3 Å². The van der Waals surface area contributed by atoms with Crippen LogP contribution >= 0.6 is 11.8 Å². The van der Waals surface area contributed by atoms with E-state index >= 15 is 0 Å². The van der Waals surface area contributed by atoms with Crippen molar-refractivity contribution in [2.75, 3.05) is 19.8 Å². The minimum absolute atomic E-state index is 0.301. The van der Waals surface area contributed by atoms with E-state index in [4.69, 9.17) is 14.2 Å². The molecular formula is C21H24N2O5S. The summed E-state index contributed by atoms with van der Waals surface area (Å²) >= 11 is 1.32. The number of rotatable bonds is 7. The number of pyridine rings is 1. The van der Waals surface area contributed by atoms with Gasteiger partial charge in [-0.2, -0.15) is 0 Å². The summed E-state index contributed by atoms with van der Waals surface area (Å²) in [5, 5.41) is 3.32. The van der Waals surface area contributed by atoms with E-state index in [9.17, 15) is 9.59 Å². The van der Waals surface area contributed by atoms with Crippen LogP contribution < -0.4 is 14.8 Å². The molecule has 0 radical (unpaired) electrons. The zero-order valence-corrected chi connectivity index (χ0v) is 17.5. The minimum atomic E-state index is -0.595. The maximum absolute atomic E-state index is 12.5. The molecule has 1 N–H and O–H groups in total. The number of amides is 1. The number of esters is 1. The zero-order valence-electron chi connectivity index (χ0n) is 16.7. The van der Waals surface area contributed by atoms with Gasteiger partial charge in [0, 0.05) is 16.6 Å². The number of carbonyl (C=O) groups excluding carboxylic acids is 2. The van der Waals surface area contributed by atoms with Gasteiger partial charge in [-0.25, -0.2) is 9.78 Å². The molecule has 0 aliphatic carbocycles. The molecule has 0 atom stereocenters. The van der Waals surface area contributed by atoms with Crippen LogP contribution in [0.1, 0.15) is 37.6 Å². The summed E-state index contributed by atoms with van der Waals surface area (Å²) in [4.78, 5) is 29.7. The number of benzene rings is 1. The van der Waals surface area contributed by atoms with Crippen molar-refractivity contribution < 1.29 is 23.8 Å². The highest BCUT2D eigenvalue weighted by Crippen LogP contribution is 2.37. The standard InChI is InChI=1S/C21H24N2O5S/c1-4-21(2,3)23-18(24)13-28-20(25)15-6-5-9-22-19(15)29-14-7-8-16-17(12-14)27-11-10-26-16/h5-9,12H,4,10-11,13H2,1-3H3,(H,23,24). The largest absolute Gasteiger partial charge is 0.486 e. The zero-order chi connectivity index (χ0) is 20.9. The Bertz CT molecular complexity index is 900. The molecule has 1 aromatic carbocycles. The van der Waals surface area contributed by atoms with Crippen molar-refractivity contribution in [1.82, 2.24) is 10.3 Å². The van der Waals surface area contributed by atoms with Crippen LogP contribution in [-0.4, -0.2) is 42.2 Å². The lowest BCUT2D eigenvalue weighted by Gasteiger charge is -2.24. The van der Waals surface area contributed by atoms with Gasteiger partial charge in [-0.3, -0.25) is 4.79 Å². The third kappa shape index (κ3) is 5.63. The van der Waals surface area contributed by atoms with Crippen LogP contribution in [0, 0.1) is 0 Å². The van der Waals surface area contributed by atoms with Crippen molar-refractivity contribution in [3.8, 4) is 11.5 Å². The van der Waals surface area contributed by atoms with E-state index in [-0.39, 0.29) is 18.1 Å². The summed E-state index contributed by atoms with van der Waals surface area (Å²) in [5.41, 5.74) is -0.0493. The van der Waals surface area contributed by atoms with Gasteiger partial charge in [0.1, 0.15) is 18.2 Å². The van der Waals surface area contributed by atoms with Gasteiger partial charge in [0.2, 0.25) is 0 Å². The molecule has 7 nitrogen and oxygen atoms in total. The van der Waals surface area contributed by atoms with E-state index in [1.807, 2.05) is 39.0 Å². The Morgan fingerprint density at radius 3 is 2.72 bits per heavy atom. The van der Waals surface area contributed by atoms with Crippen molar-refractivity contribution in [1.29, 1.82) is 0 Å². The van der Waals surface area contributed by atoms with Gasteiger partial charge >= 0.3 is 5.97 Å². The number of nitrogens with one attached hydrogen (secondary N) is 1. The van der Waals surface area contributed by atoms with Gasteiger partial charge in [-0.1, -0.05) is 18.7 Å². The number of aromatic nitrogens is 1. The van der Waals surface area contributed by atoms with Crippen LogP contribution in [0.4, 0.5) is 0 Å². The molecule has 8 heteroatoms. The molecule has 3 rings (SSSR count). The topological polar surface area (TPSA) is 86.8 Å². The van der Waals surface area contributed by atoms with Crippen molar-refractivity contribution in [2.24, 2.45) is 0 Å². The molecular weight excluding hydrogens is 392 g/mol. The second-order valence-corrected chi connectivity index (χ2v) is 8.19. The fourth-order valence-corrected chi connectivity index (χ4v) is 3.44. The third-order valence-corrected chi connectivity index (χ3v) is 5.42. The summed E-state index contributed by atoms with van der Waals surface area (Å²) in [7, 11) is 0. The maximum atomic E-state index is 12.5. The van der Waals surface area contributed by atoms with Gasteiger partial charge in [0.05, 0.1) is 5.56 Å². The maximum Gasteiger partial charge on any atom is 0.341 e. The first-order chi connectivity index (χ1) is 13.9. The molecule has 0 bridgehead atoms. The second kappa shape index (κ2) is 9.17. The summed E-state index contributed by atoms with van der Waals surface area (Å²) in [6.07, 6.45) is 2.37. The first-order valence-electron chi connectivity index (χ1n) is 9.38. The van der Waals surface area contributed by atoms with Gasteiger partial charge in [-0.15, -0.1) is 0 Å². The Kier molecular flexibility index (Phi) is 6.64. The molecule has 154 valence electrons. The van der Waals surface area contributed by atoms with Crippen molar-refractivity contribution >= 4 is 23.6 Å². The molecule has 1 aliphatic heterocycles. The quantitative estimate of drug-likeness (QED) is 0.692. The number of ether oxygens (including phenoxy) is 3. The number of fused-ring (bicyclic) bond motifs is 1. The van der Waals surface area contributed by atoms with E-state index in [2.05, 4.69) is 10.3 Å². The number of carbonyl (C=O) groups is 2. The summed E-state index contributed by atoms with van der Waals surface area (Å²) in [6, 6.07) is 8.84. The molecule has 2 heterocycles. The van der Waals surface area contributed by atoms with Gasteiger partial charge in [0.25, 0.3) is 5.91 Å². The normalized spacial score (nSPS) is 12.9. The van der Waals surface area contributed by atoms with E-state index in [0.29, 0.717) is 35.3 Å². The Balaban J connectivity index is 1.67. The highest BCUT2D eigenvalue weighted by molar-refractivity contribution is 7.99. The van der Waals surface area contributed by atoms with Gasteiger partial charge < -0.3 is 19.5 Å². The fourth-order valence-electron chi connectivity index (χ4n) is 2.54. The van der Waals surface area contributed by atoms with Crippen LogP contribution in [0.3, 0.4) is 0 Å². The van der Waals surface area contributed by atoms with Crippen LogP contribution in [0.2, 0.25) is 0 Å². The van der Waals surface area contributed by atoms with Crippen LogP contribution in [-0.2, 0) is 9.53 Å². The molecule has 1 aromatic heterocycles. The third-order valence-electron chi connectivity index (χ3n) is 4.42. The number of hydrogen-bond acceptors (Lipinski definition) is 7. The lowest BCUT2D eigenvalue weighted by Crippen LogP contribution is -2.44. The van der Waals surface area contributed by atoms with Crippen molar-refractivity contribution in [2.45, 2.75) is 42.7 Å². The monoisotopic (exact) mass is 416 g/mol. The SMILES string of the molecule is CCC(C)(C)NC(=O)COC(=O)c1cccnc1Sc1ccc2c(c1)OCCO2. The summed E-state index contributed by atoms with van der Waals surface area (Å²) in [6.45, 7) is 6.48. The van der Waals surface area contributed by atoms with Crippen LogP contribution in [0.15, 0.2) is 46.5 Å². The molecule has 0 saturated heterocycles. The van der Waals surface area contributed by atoms with Crippen LogP contribution in [0.25, 0.3) is 0 Å². The molecule has 2 aromatic rings. The average Bonchev–Trinajstić information content (AvgIpc) is 2.72. The molecule has 0 unspecified atom stereocenters. The summed E-state index contributed by atoms with van der Waals surface area (Å²) in [5.74, 6) is 0.427. The first-order valence-corrected chi connectivity index (χ1v) is 10.2. The molecule has 0 saturated carbocycles. The van der Waals surface area contributed by atoms with E-state index in [0.717, 1.165) is 11.3 Å². The number of hydrogen-bond donors (Lipinski definition) is 1. The molecule has 1 aliphatic rings. The Labute approximate surface area is 174 Å². The molecule has 29 heavy (non-hydrogen) atoms. The Morgan fingerprint density at radius 2 is 1.97 bits per heavy atom. The predicted molar refractivity (Wildman–Crippen MR) is 109 cm³/mol. The first kappa shape index (κ1) is 21.0. The highest BCUT2D eigenvalue weighted by Gasteiger charge is 2.21.